The molecule has 0 bridgehead atoms. The average Bonchev–Trinajstić information content (AvgIpc) is 2.47. The molecule has 2 aromatic carbocycles. The van der Waals surface area contributed by atoms with E-state index in [0.717, 1.165) is 12.1 Å². The summed E-state index contributed by atoms with van der Waals surface area (Å²) in [6.07, 6.45) is -4.34. The highest BCUT2D eigenvalue weighted by Gasteiger charge is 2.29. The van der Waals surface area contributed by atoms with Crippen molar-refractivity contribution in [2.75, 3.05) is 7.05 Å². The van der Waals surface area contributed by atoms with Crippen molar-refractivity contribution >= 4 is 5.91 Å². The van der Waals surface area contributed by atoms with Crippen LogP contribution in [0.3, 0.4) is 0 Å². The Morgan fingerprint density at radius 3 is 2.10 bits per heavy atom. The van der Waals surface area contributed by atoms with Gasteiger partial charge in [0.15, 0.2) is 0 Å². The van der Waals surface area contributed by atoms with Crippen molar-refractivity contribution in [2.45, 2.75) is 12.7 Å². The quantitative estimate of drug-likeness (QED) is 0.838. The third-order valence-electron chi connectivity index (χ3n) is 3.07. The lowest BCUT2D eigenvalue weighted by Gasteiger charge is -2.17. The van der Waals surface area contributed by atoms with Gasteiger partial charge in [-0.15, -0.1) is 0 Å². The highest BCUT2D eigenvalue weighted by atomic mass is 19.4. The van der Waals surface area contributed by atoms with Gasteiger partial charge in [-0.2, -0.15) is 13.2 Å². The van der Waals surface area contributed by atoms with E-state index in [1.165, 1.54) is 17.0 Å². The molecule has 0 heterocycles. The molecule has 0 aliphatic heterocycles. The number of alkyl halides is 3. The zero-order valence-electron chi connectivity index (χ0n) is 11.4. The second-order valence-electron chi connectivity index (χ2n) is 4.72. The lowest BCUT2D eigenvalue weighted by atomic mass is 10.1. The zero-order valence-corrected chi connectivity index (χ0v) is 11.4. The molecule has 0 spiro atoms. The fraction of sp³-hybridized carbons (Fsp3) is 0.188. The van der Waals surface area contributed by atoms with Crippen LogP contribution < -0.4 is 0 Å². The van der Waals surface area contributed by atoms with Crippen molar-refractivity contribution in [1.82, 2.24) is 4.90 Å². The molecule has 0 N–H and O–H groups in total. The Hall–Kier alpha value is -2.30. The van der Waals surface area contributed by atoms with E-state index in [4.69, 9.17) is 0 Å². The summed E-state index contributed by atoms with van der Waals surface area (Å²) in [6.45, 7) is 0.256. The molecule has 0 atom stereocenters. The molecule has 0 aliphatic rings. The van der Waals surface area contributed by atoms with Crippen LogP contribution in [0.15, 0.2) is 54.6 Å². The number of halogens is 3. The first-order chi connectivity index (χ1) is 9.88. The molecule has 0 fully saturated rings. The molecule has 0 unspecified atom stereocenters. The second-order valence-corrected chi connectivity index (χ2v) is 4.72. The molecule has 2 aromatic rings. The molecule has 110 valence electrons. The largest absolute Gasteiger partial charge is 0.416 e. The summed E-state index contributed by atoms with van der Waals surface area (Å²) >= 11 is 0. The van der Waals surface area contributed by atoms with Gasteiger partial charge in [-0.1, -0.05) is 30.3 Å². The topological polar surface area (TPSA) is 20.3 Å². The van der Waals surface area contributed by atoms with Gasteiger partial charge in [0.2, 0.25) is 0 Å². The number of hydrogen-bond acceptors (Lipinski definition) is 1. The Labute approximate surface area is 120 Å². The molecule has 2 rings (SSSR count). The van der Waals surface area contributed by atoms with E-state index < -0.39 is 11.7 Å². The maximum atomic E-state index is 12.5. The van der Waals surface area contributed by atoms with E-state index in [9.17, 15) is 18.0 Å². The van der Waals surface area contributed by atoms with Crippen LogP contribution in [0.5, 0.6) is 0 Å². The molecule has 0 aliphatic carbocycles. The first kappa shape index (κ1) is 15.1. The lowest BCUT2D eigenvalue weighted by molar-refractivity contribution is -0.137. The smallest absolute Gasteiger partial charge is 0.337 e. The van der Waals surface area contributed by atoms with E-state index in [-0.39, 0.29) is 12.5 Å². The fourth-order valence-electron chi connectivity index (χ4n) is 1.95. The standard InChI is InChI=1S/C16H14F3NO/c1-20(15(21)13-5-3-2-4-6-13)11-12-7-9-14(10-8-12)16(17,18)19/h2-10H,11H2,1H3. The summed E-state index contributed by atoms with van der Waals surface area (Å²) in [5, 5.41) is 0. The predicted molar refractivity (Wildman–Crippen MR) is 73.7 cm³/mol. The zero-order chi connectivity index (χ0) is 15.5. The van der Waals surface area contributed by atoms with E-state index in [2.05, 4.69) is 0 Å². The highest BCUT2D eigenvalue weighted by molar-refractivity contribution is 5.93. The van der Waals surface area contributed by atoms with E-state index in [1.807, 2.05) is 6.07 Å². The van der Waals surface area contributed by atoms with Crippen LogP contribution in [-0.4, -0.2) is 17.9 Å². The van der Waals surface area contributed by atoms with Crippen LogP contribution >= 0.6 is 0 Å². The Kier molecular flexibility index (Phi) is 4.31. The van der Waals surface area contributed by atoms with E-state index in [1.54, 1.807) is 31.3 Å². The van der Waals surface area contributed by atoms with Gasteiger partial charge in [0.05, 0.1) is 5.56 Å². The van der Waals surface area contributed by atoms with Crippen molar-refractivity contribution in [1.29, 1.82) is 0 Å². The Morgan fingerprint density at radius 1 is 1.00 bits per heavy atom. The maximum Gasteiger partial charge on any atom is 0.416 e. The van der Waals surface area contributed by atoms with E-state index >= 15 is 0 Å². The van der Waals surface area contributed by atoms with Gasteiger partial charge in [0.25, 0.3) is 5.91 Å². The van der Waals surface area contributed by atoms with Crippen LogP contribution in [0, 0.1) is 0 Å². The van der Waals surface area contributed by atoms with Gasteiger partial charge in [-0.05, 0) is 29.8 Å². The SMILES string of the molecule is CN(Cc1ccc(C(F)(F)F)cc1)C(=O)c1ccccc1. The van der Waals surface area contributed by atoms with Gasteiger partial charge in [-0.3, -0.25) is 4.79 Å². The fourth-order valence-corrected chi connectivity index (χ4v) is 1.95. The van der Waals surface area contributed by atoms with Gasteiger partial charge in [0.1, 0.15) is 0 Å². The predicted octanol–water partition coefficient (Wildman–Crippen LogP) is 3.98. The van der Waals surface area contributed by atoms with Crippen LogP contribution in [0.25, 0.3) is 0 Å². The molecule has 0 radical (unpaired) electrons. The van der Waals surface area contributed by atoms with Crippen LogP contribution in [-0.2, 0) is 12.7 Å². The first-order valence-electron chi connectivity index (χ1n) is 6.34. The second kappa shape index (κ2) is 5.99. The summed E-state index contributed by atoms with van der Waals surface area (Å²) < 4.78 is 37.4. The lowest BCUT2D eigenvalue weighted by Crippen LogP contribution is -2.26. The van der Waals surface area contributed by atoms with Crippen molar-refractivity contribution in [2.24, 2.45) is 0 Å². The summed E-state index contributed by atoms with van der Waals surface area (Å²) in [5.74, 6) is -0.171. The summed E-state index contributed by atoms with van der Waals surface area (Å²) in [5.41, 5.74) is 0.505. The summed E-state index contributed by atoms with van der Waals surface area (Å²) in [6, 6.07) is 13.6. The molecule has 0 saturated heterocycles. The highest BCUT2D eigenvalue weighted by Crippen LogP contribution is 2.29. The van der Waals surface area contributed by atoms with Gasteiger partial charge >= 0.3 is 6.18 Å². The molecule has 21 heavy (non-hydrogen) atoms. The van der Waals surface area contributed by atoms with Crippen molar-refractivity contribution in [3.63, 3.8) is 0 Å². The van der Waals surface area contributed by atoms with Gasteiger partial charge in [0, 0.05) is 19.2 Å². The molecular weight excluding hydrogens is 279 g/mol. The number of carbonyl (C=O) groups excluding carboxylic acids is 1. The number of amides is 1. The molecular formula is C16H14F3NO. The first-order valence-corrected chi connectivity index (χ1v) is 6.34. The van der Waals surface area contributed by atoms with Gasteiger partial charge < -0.3 is 4.90 Å². The van der Waals surface area contributed by atoms with Crippen molar-refractivity contribution < 1.29 is 18.0 Å². The third kappa shape index (κ3) is 3.84. The number of rotatable bonds is 3. The third-order valence-corrected chi connectivity index (χ3v) is 3.07. The molecule has 1 amide bonds. The van der Waals surface area contributed by atoms with Crippen molar-refractivity contribution in [3.8, 4) is 0 Å². The van der Waals surface area contributed by atoms with Crippen LogP contribution in [0.1, 0.15) is 21.5 Å². The van der Waals surface area contributed by atoms with Crippen molar-refractivity contribution in [3.05, 3.63) is 71.3 Å². The van der Waals surface area contributed by atoms with Crippen LogP contribution in [0.4, 0.5) is 13.2 Å². The number of carbonyl (C=O) groups is 1. The summed E-state index contributed by atoms with van der Waals surface area (Å²) in [4.78, 5) is 13.6. The monoisotopic (exact) mass is 293 g/mol. The van der Waals surface area contributed by atoms with E-state index in [0.29, 0.717) is 11.1 Å². The normalized spacial score (nSPS) is 11.2. The molecule has 2 nitrogen and oxygen atoms in total. The minimum Gasteiger partial charge on any atom is -0.337 e. The molecule has 0 saturated carbocycles. The number of nitrogens with zero attached hydrogens (tertiary/aromatic N) is 1. The minimum absolute atomic E-state index is 0.171. The number of hydrogen-bond donors (Lipinski definition) is 0. The van der Waals surface area contributed by atoms with Crippen LogP contribution in [0.2, 0.25) is 0 Å². The van der Waals surface area contributed by atoms with Gasteiger partial charge in [-0.25, -0.2) is 0 Å². The minimum atomic E-state index is -4.34. The average molecular weight is 293 g/mol. The Morgan fingerprint density at radius 2 is 1.57 bits per heavy atom. The number of benzene rings is 2. The molecule has 5 heteroatoms. The summed E-state index contributed by atoms with van der Waals surface area (Å²) in [7, 11) is 1.62. The Bertz CT molecular complexity index is 606. The Balaban J connectivity index is 2.06. The molecule has 0 aromatic heterocycles. The maximum absolute atomic E-state index is 12.5.